The standard InChI is InChI=1S/C22H27N3O2/c1-16(2)25-15-20(11-21(25)26)22(27)24(13-18-8-6-10-23-12-18)14-19-9-5-4-7-17(19)3/h4-10,12,16,20H,11,13-15H2,1-3H3. The Morgan fingerprint density at radius 1 is 1.22 bits per heavy atom. The van der Waals surface area contributed by atoms with Crippen LogP contribution in [0.5, 0.6) is 0 Å². The molecule has 5 nitrogen and oxygen atoms in total. The van der Waals surface area contributed by atoms with Gasteiger partial charge in [-0.15, -0.1) is 0 Å². The Balaban J connectivity index is 1.82. The first-order valence-electron chi connectivity index (χ1n) is 9.47. The zero-order valence-electron chi connectivity index (χ0n) is 16.3. The Kier molecular flexibility index (Phi) is 5.89. The molecule has 0 saturated carbocycles. The highest BCUT2D eigenvalue weighted by molar-refractivity contribution is 5.89. The molecule has 0 bridgehead atoms. The van der Waals surface area contributed by atoms with Crippen LogP contribution in [0.15, 0.2) is 48.8 Å². The van der Waals surface area contributed by atoms with E-state index in [9.17, 15) is 9.59 Å². The largest absolute Gasteiger partial charge is 0.339 e. The highest BCUT2D eigenvalue weighted by Gasteiger charge is 2.37. The lowest BCUT2D eigenvalue weighted by molar-refractivity contribution is -0.137. The Bertz CT molecular complexity index is 804. The molecule has 1 fully saturated rings. The van der Waals surface area contributed by atoms with Gasteiger partial charge in [0.15, 0.2) is 0 Å². The van der Waals surface area contributed by atoms with Gasteiger partial charge >= 0.3 is 0 Å². The third-order valence-electron chi connectivity index (χ3n) is 5.16. The van der Waals surface area contributed by atoms with E-state index >= 15 is 0 Å². The van der Waals surface area contributed by atoms with Crippen LogP contribution >= 0.6 is 0 Å². The first kappa shape index (κ1) is 19.1. The van der Waals surface area contributed by atoms with E-state index < -0.39 is 0 Å². The fraction of sp³-hybridized carbons (Fsp3) is 0.409. The maximum atomic E-state index is 13.3. The maximum absolute atomic E-state index is 13.3. The molecule has 3 rings (SSSR count). The van der Waals surface area contributed by atoms with Gasteiger partial charge in [0.25, 0.3) is 0 Å². The lowest BCUT2D eigenvalue weighted by atomic mass is 10.0. The number of aryl methyl sites for hydroxylation is 1. The van der Waals surface area contributed by atoms with E-state index in [4.69, 9.17) is 0 Å². The molecule has 1 aliphatic rings. The zero-order chi connectivity index (χ0) is 19.4. The van der Waals surface area contributed by atoms with Gasteiger partial charge in [0, 0.05) is 44.5 Å². The first-order chi connectivity index (χ1) is 13.0. The number of carbonyl (C=O) groups is 2. The third-order valence-corrected chi connectivity index (χ3v) is 5.16. The summed E-state index contributed by atoms with van der Waals surface area (Å²) in [4.78, 5) is 33.4. The lowest BCUT2D eigenvalue weighted by Gasteiger charge is -2.27. The molecule has 0 radical (unpaired) electrons. The molecule has 0 aliphatic carbocycles. The molecule has 142 valence electrons. The highest BCUT2D eigenvalue weighted by Crippen LogP contribution is 2.24. The molecule has 0 N–H and O–H groups in total. The molecule has 27 heavy (non-hydrogen) atoms. The van der Waals surface area contributed by atoms with Crippen LogP contribution in [0, 0.1) is 12.8 Å². The number of hydrogen-bond donors (Lipinski definition) is 0. The molecule has 1 aromatic carbocycles. The highest BCUT2D eigenvalue weighted by atomic mass is 16.2. The predicted molar refractivity (Wildman–Crippen MR) is 105 cm³/mol. The SMILES string of the molecule is Cc1ccccc1CN(Cc1cccnc1)C(=O)C1CC(=O)N(C(C)C)C1. The van der Waals surface area contributed by atoms with Crippen LogP contribution in [0.4, 0.5) is 0 Å². The monoisotopic (exact) mass is 365 g/mol. The molecule has 2 heterocycles. The minimum atomic E-state index is -0.277. The van der Waals surface area contributed by atoms with E-state index in [0.717, 1.165) is 16.7 Å². The van der Waals surface area contributed by atoms with Gasteiger partial charge < -0.3 is 9.80 Å². The van der Waals surface area contributed by atoms with Gasteiger partial charge in [-0.2, -0.15) is 0 Å². The van der Waals surface area contributed by atoms with Gasteiger partial charge in [-0.3, -0.25) is 14.6 Å². The van der Waals surface area contributed by atoms with E-state index in [1.54, 1.807) is 17.3 Å². The van der Waals surface area contributed by atoms with Crippen molar-refractivity contribution >= 4 is 11.8 Å². The van der Waals surface area contributed by atoms with E-state index in [1.807, 2.05) is 43.0 Å². The first-order valence-corrected chi connectivity index (χ1v) is 9.47. The summed E-state index contributed by atoms with van der Waals surface area (Å²) < 4.78 is 0. The van der Waals surface area contributed by atoms with Crippen LogP contribution in [0.25, 0.3) is 0 Å². The number of nitrogens with zero attached hydrogens (tertiary/aromatic N) is 3. The van der Waals surface area contributed by atoms with Crippen LogP contribution in [0.2, 0.25) is 0 Å². The molecule has 1 unspecified atom stereocenters. The van der Waals surface area contributed by atoms with Gasteiger partial charge in [-0.05, 0) is 43.5 Å². The molecule has 1 aromatic heterocycles. The summed E-state index contributed by atoms with van der Waals surface area (Å²) in [6.07, 6.45) is 3.82. The van der Waals surface area contributed by atoms with Gasteiger partial charge in [0.1, 0.15) is 0 Å². The molecular formula is C22H27N3O2. The van der Waals surface area contributed by atoms with Crippen molar-refractivity contribution in [3.63, 3.8) is 0 Å². The fourth-order valence-electron chi connectivity index (χ4n) is 3.57. The van der Waals surface area contributed by atoms with Crippen molar-refractivity contribution in [2.45, 2.75) is 46.3 Å². The average molecular weight is 365 g/mol. The average Bonchev–Trinajstić information content (AvgIpc) is 3.05. The van der Waals surface area contributed by atoms with E-state index in [2.05, 4.69) is 24.0 Å². The lowest BCUT2D eigenvalue weighted by Crippen LogP contribution is -2.38. The second-order valence-corrected chi connectivity index (χ2v) is 7.52. The van der Waals surface area contributed by atoms with Crippen molar-refractivity contribution < 1.29 is 9.59 Å². The summed E-state index contributed by atoms with van der Waals surface area (Å²) in [7, 11) is 0. The molecule has 1 aliphatic heterocycles. The van der Waals surface area contributed by atoms with Crippen LogP contribution in [-0.4, -0.2) is 39.2 Å². The van der Waals surface area contributed by atoms with Crippen molar-refractivity contribution in [3.05, 3.63) is 65.5 Å². The summed E-state index contributed by atoms with van der Waals surface area (Å²) >= 11 is 0. The number of pyridine rings is 1. The molecule has 1 atom stereocenters. The molecule has 0 spiro atoms. The van der Waals surface area contributed by atoms with Crippen LogP contribution < -0.4 is 0 Å². The van der Waals surface area contributed by atoms with Gasteiger partial charge in [-0.25, -0.2) is 0 Å². The number of likely N-dealkylation sites (tertiary alicyclic amines) is 1. The maximum Gasteiger partial charge on any atom is 0.228 e. The van der Waals surface area contributed by atoms with E-state index in [-0.39, 0.29) is 23.8 Å². The summed E-state index contributed by atoms with van der Waals surface area (Å²) in [6, 6.07) is 12.1. The molecule has 1 saturated heterocycles. The van der Waals surface area contributed by atoms with Gasteiger partial charge in [0.2, 0.25) is 11.8 Å². The van der Waals surface area contributed by atoms with E-state index in [0.29, 0.717) is 26.1 Å². The van der Waals surface area contributed by atoms with Gasteiger partial charge in [-0.1, -0.05) is 30.3 Å². The summed E-state index contributed by atoms with van der Waals surface area (Å²) in [5.74, 6) is -0.167. The smallest absolute Gasteiger partial charge is 0.228 e. The molecule has 5 heteroatoms. The Hall–Kier alpha value is -2.69. The minimum Gasteiger partial charge on any atom is -0.339 e. The Morgan fingerprint density at radius 2 is 2.00 bits per heavy atom. The van der Waals surface area contributed by atoms with Crippen LogP contribution in [0.3, 0.4) is 0 Å². The molecule has 2 amide bonds. The molecular weight excluding hydrogens is 338 g/mol. The number of aromatic nitrogens is 1. The molecule has 2 aromatic rings. The van der Waals surface area contributed by atoms with Crippen molar-refractivity contribution in [2.75, 3.05) is 6.54 Å². The van der Waals surface area contributed by atoms with Crippen LogP contribution in [-0.2, 0) is 22.7 Å². The van der Waals surface area contributed by atoms with Crippen molar-refractivity contribution in [1.82, 2.24) is 14.8 Å². The summed E-state index contributed by atoms with van der Waals surface area (Å²) in [5.41, 5.74) is 3.28. The topological polar surface area (TPSA) is 53.5 Å². The number of rotatable bonds is 6. The quantitative estimate of drug-likeness (QED) is 0.790. The van der Waals surface area contributed by atoms with Gasteiger partial charge in [0.05, 0.1) is 5.92 Å². The Morgan fingerprint density at radius 3 is 2.63 bits per heavy atom. The summed E-state index contributed by atoms with van der Waals surface area (Å²) in [5, 5.41) is 0. The van der Waals surface area contributed by atoms with Crippen molar-refractivity contribution in [1.29, 1.82) is 0 Å². The van der Waals surface area contributed by atoms with Crippen LogP contribution in [0.1, 0.15) is 37.0 Å². The second kappa shape index (κ2) is 8.33. The number of benzene rings is 1. The number of amides is 2. The number of hydrogen-bond acceptors (Lipinski definition) is 3. The third kappa shape index (κ3) is 4.54. The van der Waals surface area contributed by atoms with Crippen molar-refractivity contribution in [2.24, 2.45) is 5.92 Å². The second-order valence-electron chi connectivity index (χ2n) is 7.52. The summed E-state index contributed by atoms with van der Waals surface area (Å²) in [6.45, 7) is 7.57. The predicted octanol–water partition coefficient (Wildman–Crippen LogP) is 3.18. The normalized spacial score (nSPS) is 16.8. The fourth-order valence-corrected chi connectivity index (χ4v) is 3.57. The van der Waals surface area contributed by atoms with E-state index in [1.165, 1.54) is 0 Å². The number of carbonyl (C=O) groups excluding carboxylic acids is 2. The van der Waals surface area contributed by atoms with Crippen molar-refractivity contribution in [3.8, 4) is 0 Å². The Labute approximate surface area is 161 Å². The zero-order valence-corrected chi connectivity index (χ0v) is 16.3. The minimum absolute atomic E-state index is 0.0404.